The lowest BCUT2D eigenvalue weighted by molar-refractivity contribution is -0.306. The van der Waals surface area contributed by atoms with Gasteiger partial charge in [-0.2, -0.15) is 0 Å². The van der Waals surface area contributed by atoms with Crippen LogP contribution in [-0.2, 0) is 38.0 Å². The normalized spacial score (nSPS) is 46.8. The standard InChI is InChI=1S/C43H58O18/c1-17-23(44)8-10-31(56-17)61-43-29(47)15-41(5,53)16-42(43,54)14-25(46)34-35(43)39(51)22-7-6-21(38(50)33(22)40(34)52)27-13-28(37(49)20(4)55-27)60-30-11-9-26(18(2)57-30)59-32-12-24(45)36(48)19(3)58-32/h6-7,17-20,23-28,30-32,36-37,44-46,48-50,53-54H,8-16H2,1-5H3/t17-,18-,19+,20+,23-,24+,25+,26-,27?,28+,30-,31-,32-,36+,37+,41+,42-,43-/m0/s1. The number of carbonyl (C=O) groups excluding carboxylic acids is 3. The van der Waals surface area contributed by atoms with Gasteiger partial charge in [-0.1, -0.05) is 6.07 Å². The van der Waals surface area contributed by atoms with Crippen LogP contribution in [0, 0.1) is 0 Å². The topological polar surface area (TPSA) is 278 Å². The van der Waals surface area contributed by atoms with Gasteiger partial charge in [0.05, 0.1) is 77.8 Å². The Balaban J connectivity index is 1.04. The zero-order valence-electron chi connectivity index (χ0n) is 34.8. The van der Waals surface area contributed by atoms with Crippen molar-refractivity contribution in [2.24, 2.45) is 0 Å². The molecule has 1 aromatic carbocycles. The summed E-state index contributed by atoms with van der Waals surface area (Å²) in [5, 5.41) is 88.6. The van der Waals surface area contributed by atoms with Crippen molar-refractivity contribution in [3.63, 3.8) is 0 Å². The number of benzene rings is 1. The number of hydrogen-bond acceptors (Lipinski definition) is 18. The van der Waals surface area contributed by atoms with Crippen LogP contribution in [0.3, 0.4) is 0 Å². The predicted octanol–water partition coefficient (Wildman–Crippen LogP) is 0.682. The molecule has 18 atom stereocenters. The second-order valence-electron chi connectivity index (χ2n) is 18.4. The number of Topliss-reactive ketones (excluding diaryl/α,β-unsaturated/α-hetero) is 3. The summed E-state index contributed by atoms with van der Waals surface area (Å²) >= 11 is 0. The smallest absolute Gasteiger partial charge is 0.196 e. The van der Waals surface area contributed by atoms with Gasteiger partial charge in [0, 0.05) is 61.6 Å². The first kappa shape index (κ1) is 44.8. The third-order valence-electron chi connectivity index (χ3n) is 13.8. The third-order valence-corrected chi connectivity index (χ3v) is 13.8. The monoisotopic (exact) mass is 862 g/mol. The highest BCUT2D eigenvalue weighted by atomic mass is 16.7. The number of fused-ring (bicyclic) bond motifs is 3. The summed E-state index contributed by atoms with van der Waals surface area (Å²) in [6.07, 6.45) is -13.9. The van der Waals surface area contributed by atoms with E-state index in [1.165, 1.54) is 19.1 Å². The Kier molecular flexibility index (Phi) is 12.0. The molecule has 0 bridgehead atoms. The Hall–Kier alpha value is -2.79. The summed E-state index contributed by atoms with van der Waals surface area (Å²) in [6, 6.07) is 2.68. The molecule has 5 fully saturated rings. The summed E-state index contributed by atoms with van der Waals surface area (Å²) in [6.45, 7) is 8.00. The molecule has 1 aromatic rings. The van der Waals surface area contributed by atoms with E-state index in [4.69, 9.17) is 33.2 Å². The lowest BCUT2D eigenvalue weighted by Crippen LogP contribution is -2.73. The van der Waals surface area contributed by atoms with E-state index in [0.29, 0.717) is 12.8 Å². The molecular formula is C43H58O18. The molecule has 1 unspecified atom stereocenters. The second kappa shape index (κ2) is 16.3. The maximum absolute atomic E-state index is 14.8. The van der Waals surface area contributed by atoms with E-state index in [-0.39, 0.29) is 36.8 Å². The van der Waals surface area contributed by atoms with Crippen LogP contribution >= 0.6 is 0 Å². The van der Waals surface area contributed by atoms with E-state index < -0.39 is 168 Å². The molecule has 8 rings (SSSR count). The number of ketones is 3. The van der Waals surface area contributed by atoms with Crippen molar-refractivity contribution in [3.8, 4) is 5.75 Å². The van der Waals surface area contributed by atoms with Crippen LogP contribution in [0.2, 0.25) is 0 Å². The first-order valence-corrected chi connectivity index (χ1v) is 21.3. The Morgan fingerprint density at radius 3 is 2.05 bits per heavy atom. The number of aliphatic hydroxyl groups excluding tert-OH is 5. The van der Waals surface area contributed by atoms with Crippen molar-refractivity contribution in [3.05, 3.63) is 40.0 Å². The fourth-order valence-corrected chi connectivity index (χ4v) is 10.6. The SMILES string of the molecule is C[C@@H]1O[C@@H](O[C@@H]2CC(c3ccc4c(c3O)C(=O)C3=C(C4=O)[C@@]4(O[C@H]5CC[C@H](O)[C@H](C)O5)C(=O)C[C@@](C)(O)C[C@@]4(O)C[C@H]3O)O[C@H](C)[C@H]2O)CC[C@@H]1O[C@H]1C[C@@H](O)[C@H](O)[C@@H](C)O1. The van der Waals surface area contributed by atoms with Crippen LogP contribution in [0.4, 0.5) is 0 Å². The average molecular weight is 863 g/mol. The van der Waals surface area contributed by atoms with Gasteiger partial charge in [0.15, 0.2) is 41.8 Å². The number of phenols is 1. The van der Waals surface area contributed by atoms with Gasteiger partial charge in [-0.05, 0) is 53.5 Å². The maximum Gasteiger partial charge on any atom is 0.196 e. The lowest BCUT2D eigenvalue weighted by Gasteiger charge is -2.57. The molecule has 61 heavy (non-hydrogen) atoms. The minimum atomic E-state index is -2.56. The van der Waals surface area contributed by atoms with Crippen LogP contribution in [-0.4, -0.2) is 161 Å². The Morgan fingerprint density at radius 2 is 1.36 bits per heavy atom. The van der Waals surface area contributed by atoms with E-state index in [9.17, 15) is 55.2 Å². The Morgan fingerprint density at radius 1 is 0.705 bits per heavy atom. The van der Waals surface area contributed by atoms with Crippen LogP contribution in [0.5, 0.6) is 5.75 Å². The van der Waals surface area contributed by atoms with Gasteiger partial charge in [-0.3, -0.25) is 14.4 Å². The fourth-order valence-electron chi connectivity index (χ4n) is 10.6. The van der Waals surface area contributed by atoms with Gasteiger partial charge in [-0.25, -0.2) is 0 Å². The first-order valence-electron chi connectivity index (χ1n) is 21.3. The van der Waals surface area contributed by atoms with Crippen molar-refractivity contribution in [1.29, 1.82) is 0 Å². The number of phenolic OH excluding ortho intramolecular Hbond substituents is 1. The largest absolute Gasteiger partial charge is 0.507 e. The fraction of sp³-hybridized carbons (Fsp3) is 0.744. The van der Waals surface area contributed by atoms with Crippen LogP contribution in [0.25, 0.3) is 0 Å². The number of rotatable bonds is 7. The molecule has 8 N–H and O–H groups in total. The number of carbonyl (C=O) groups is 3. The number of ether oxygens (including phenoxy) is 7. The molecule has 1 saturated carbocycles. The van der Waals surface area contributed by atoms with Crippen molar-refractivity contribution in [1.82, 2.24) is 0 Å². The third kappa shape index (κ3) is 7.73. The average Bonchev–Trinajstić information content (AvgIpc) is 3.17. The second-order valence-corrected chi connectivity index (χ2v) is 18.4. The summed E-state index contributed by atoms with van der Waals surface area (Å²) in [5.74, 6) is -3.45. The van der Waals surface area contributed by atoms with E-state index in [1.807, 2.05) is 0 Å². The van der Waals surface area contributed by atoms with Gasteiger partial charge in [0.25, 0.3) is 0 Å². The lowest BCUT2D eigenvalue weighted by atomic mass is 9.54. The van der Waals surface area contributed by atoms with E-state index in [0.717, 1.165) is 0 Å². The van der Waals surface area contributed by atoms with Gasteiger partial charge in [0.2, 0.25) is 0 Å². The molecule has 0 amide bonds. The molecule has 338 valence electrons. The molecule has 0 aromatic heterocycles. The van der Waals surface area contributed by atoms with E-state index >= 15 is 0 Å². The molecule has 18 nitrogen and oxygen atoms in total. The van der Waals surface area contributed by atoms with Gasteiger partial charge in [0.1, 0.15) is 23.6 Å². The van der Waals surface area contributed by atoms with E-state index in [1.54, 1.807) is 27.7 Å². The summed E-state index contributed by atoms with van der Waals surface area (Å²) in [4.78, 5) is 43.7. The quantitative estimate of drug-likeness (QED) is 0.187. The zero-order valence-corrected chi connectivity index (χ0v) is 34.8. The van der Waals surface area contributed by atoms with Crippen LogP contribution < -0.4 is 0 Å². The van der Waals surface area contributed by atoms with Gasteiger partial charge < -0.3 is 74.0 Å². The minimum absolute atomic E-state index is 0.00826. The Labute approximate surface area is 352 Å². The molecule has 0 radical (unpaired) electrons. The molecular weight excluding hydrogens is 804 g/mol. The predicted molar refractivity (Wildman–Crippen MR) is 206 cm³/mol. The maximum atomic E-state index is 14.8. The van der Waals surface area contributed by atoms with Gasteiger partial charge >= 0.3 is 0 Å². The van der Waals surface area contributed by atoms with Crippen molar-refractivity contribution in [2.45, 2.75) is 201 Å². The molecule has 7 aliphatic rings. The molecule has 4 aliphatic heterocycles. The summed E-state index contributed by atoms with van der Waals surface area (Å²) in [5.41, 5.74) is -8.50. The number of hydrogen-bond donors (Lipinski definition) is 8. The molecule has 3 aliphatic carbocycles. The molecule has 4 saturated heterocycles. The molecule has 4 heterocycles. The molecule has 0 spiro atoms. The minimum Gasteiger partial charge on any atom is -0.507 e. The highest BCUT2D eigenvalue weighted by Gasteiger charge is 2.71. The zero-order chi connectivity index (χ0) is 44.1. The van der Waals surface area contributed by atoms with Crippen LogP contribution in [0.1, 0.15) is 125 Å². The van der Waals surface area contributed by atoms with Crippen molar-refractivity contribution >= 4 is 17.3 Å². The highest BCUT2D eigenvalue weighted by Crippen LogP contribution is 2.57. The van der Waals surface area contributed by atoms with Crippen molar-refractivity contribution < 1.29 is 88.4 Å². The molecule has 18 heteroatoms. The van der Waals surface area contributed by atoms with Crippen LogP contribution in [0.15, 0.2) is 23.3 Å². The Bertz CT molecular complexity index is 1920. The number of aliphatic hydroxyl groups is 7. The summed E-state index contributed by atoms with van der Waals surface area (Å²) in [7, 11) is 0. The number of aromatic hydroxyl groups is 1. The highest BCUT2D eigenvalue weighted by molar-refractivity contribution is 6.31. The van der Waals surface area contributed by atoms with Crippen molar-refractivity contribution in [2.75, 3.05) is 0 Å². The van der Waals surface area contributed by atoms with E-state index in [2.05, 4.69) is 0 Å². The van der Waals surface area contributed by atoms with Gasteiger partial charge in [-0.15, -0.1) is 0 Å². The summed E-state index contributed by atoms with van der Waals surface area (Å²) < 4.78 is 42.6. The first-order chi connectivity index (χ1) is 28.6.